The van der Waals surface area contributed by atoms with E-state index in [0.29, 0.717) is 16.5 Å². The topological polar surface area (TPSA) is 92.8 Å². The first-order chi connectivity index (χ1) is 13.7. The molecule has 2 aromatic rings. The highest BCUT2D eigenvalue weighted by molar-refractivity contribution is 14.1. The number of rotatable bonds is 6. The number of hydrogen-bond donors (Lipinski definition) is 3. The first-order valence-electron chi connectivity index (χ1n) is 8.92. The molecule has 4 N–H and O–H groups in total. The van der Waals surface area contributed by atoms with E-state index in [1.165, 1.54) is 6.07 Å². The average molecular weight is 783 g/mol. The minimum Gasteiger partial charge on any atom is -0.506 e. The van der Waals surface area contributed by atoms with Crippen LogP contribution in [0.1, 0.15) is 11.0 Å². The number of aliphatic carboxylic acids is 1. The first kappa shape index (κ1) is 13.5. The molecule has 128 valence electrons. The van der Waals surface area contributed by atoms with Crippen LogP contribution >= 0.6 is 90.4 Å². The zero-order chi connectivity index (χ0) is 23.2. The van der Waals surface area contributed by atoms with Gasteiger partial charge in [0, 0.05) is 2.74 Å². The maximum absolute atomic E-state index is 11.5. The molecule has 5 nitrogen and oxygen atoms in total. The van der Waals surface area contributed by atoms with Crippen LogP contribution in [0.4, 0.5) is 0 Å². The number of aromatic hydroxyl groups is 1. The van der Waals surface area contributed by atoms with E-state index in [1.807, 2.05) is 67.8 Å². The van der Waals surface area contributed by atoms with E-state index in [9.17, 15) is 15.0 Å². The second kappa shape index (κ2) is 8.85. The molecule has 0 aliphatic rings. The fourth-order valence-corrected chi connectivity index (χ4v) is 5.18. The van der Waals surface area contributed by atoms with Gasteiger partial charge in [-0.25, -0.2) is 0 Å². The highest BCUT2D eigenvalue weighted by atomic mass is 127. The van der Waals surface area contributed by atoms with Crippen LogP contribution < -0.4 is 10.5 Å². The minimum absolute atomic E-state index is 0.105. The van der Waals surface area contributed by atoms with Crippen molar-refractivity contribution in [3.05, 3.63) is 44.1 Å². The summed E-state index contributed by atoms with van der Waals surface area (Å²) in [6.07, 6.45) is -3.07. The quantitative estimate of drug-likeness (QED) is 0.375. The Morgan fingerprint density at radius 1 is 1.29 bits per heavy atom. The average Bonchev–Trinajstić information content (AvgIpc) is 2.64. The number of hydrogen-bond acceptors (Lipinski definition) is 4. The van der Waals surface area contributed by atoms with E-state index in [-0.39, 0.29) is 15.1 Å². The van der Waals surface area contributed by atoms with E-state index in [4.69, 9.17) is 13.0 Å². The zero-order valence-corrected chi connectivity index (χ0v) is 20.0. The van der Waals surface area contributed by atoms with Crippen LogP contribution in [-0.2, 0) is 11.2 Å². The van der Waals surface area contributed by atoms with Crippen molar-refractivity contribution in [2.24, 2.45) is 5.72 Å². The van der Waals surface area contributed by atoms with Crippen molar-refractivity contribution in [1.29, 1.82) is 0 Å². The molecule has 0 spiro atoms. The fraction of sp³-hybridized carbons (Fsp3) is 0.133. The van der Waals surface area contributed by atoms with Gasteiger partial charge in [0.1, 0.15) is 20.3 Å². The molecule has 1 atom stereocenters. The highest BCUT2D eigenvalue weighted by Crippen LogP contribution is 2.36. The summed E-state index contributed by atoms with van der Waals surface area (Å²) in [6.45, 7) is 0. The monoisotopic (exact) mass is 783 g/mol. The summed E-state index contributed by atoms with van der Waals surface area (Å²) in [5, 5.41) is 19.2. The van der Waals surface area contributed by atoms with Crippen molar-refractivity contribution >= 4 is 96.3 Å². The van der Waals surface area contributed by atoms with Gasteiger partial charge < -0.3 is 20.7 Å². The summed E-state index contributed by atoms with van der Waals surface area (Å²) in [4.78, 5) is 11.5. The Morgan fingerprint density at radius 2 is 1.92 bits per heavy atom. The van der Waals surface area contributed by atoms with Crippen molar-refractivity contribution in [2.75, 3.05) is 0 Å². The molecule has 9 heteroatoms. The fourth-order valence-electron chi connectivity index (χ4n) is 1.57. The van der Waals surface area contributed by atoms with Gasteiger partial charge in [0.05, 0.1) is 17.0 Å². The van der Waals surface area contributed by atoms with Crippen molar-refractivity contribution in [1.82, 2.24) is 0 Å². The molecule has 0 heterocycles. The van der Waals surface area contributed by atoms with Crippen molar-refractivity contribution in [3.63, 3.8) is 0 Å². The smallest absolute Gasteiger partial charge is 0.320 e. The molecule has 0 saturated carbocycles. The minimum atomic E-state index is -3.31. The van der Waals surface area contributed by atoms with Gasteiger partial charge in [-0.15, -0.1) is 0 Å². The van der Waals surface area contributed by atoms with E-state index >= 15 is 0 Å². The van der Waals surface area contributed by atoms with E-state index in [1.54, 1.807) is 34.7 Å². The molecule has 0 amide bonds. The number of benzene rings is 2. The molecule has 2 aromatic carbocycles. The SMILES string of the molecule is [2H]c1c(C([2H])([2H])[C@@]([2H])(C(=O)O)N([2H])[2H])cc(I)c(Oc2cc(I)c(O)c(I)c2)c1I. The van der Waals surface area contributed by atoms with Crippen LogP contribution in [0.5, 0.6) is 17.2 Å². The molecule has 2 rings (SSSR count). The van der Waals surface area contributed by atoms with Gasteiger partial charge in [0.25, 0.3) is 0 Å². The molecule has 0 aromatic heterocycles. The first-order valence-corrected chi connectivity index (χ1v) is 10.3. The third kappa shape index (κ3) is 5.20. The Labute approximate surface area is 201 Å². The summed E-state index contributed by atoms with van der Waals surface area (Å²) < 4.78 is 54.7. The number of phenols is 1. The van der Waals surface area contributed by atoms with Crippen LogP contribution in [0.15, 0.2) is 24.2 Å². The van der Waals surface area contributed by atoms with Gasteiger partial charge in [-0.3, -0.25) is 4.79 Å². The number of phenolic OH excluding ortho intramolecular Hbond substituents is 1. The molecule has 0 bridgehead atoms. The van der Waals surface area contributed by atoms with Gasteiger partial charge in [-0.2, -0.15) is 0 Å². The van der Waals surface area contributed by atoms with Crippen molar-refractivity contribution in [2.45, 2.75) is 12.4 Å². The molecule has 0 saturated heterocycles. The number of halogens is 4. The van der Waals surface area contributed by atoms with E-state index < -0.39 is 35.7 Å². The predicted octanol–water partition coefficient (Wildman–Crippen LogP) is 4.56. The summed E-state index contributed by atoms with van der Waals surface area (Å²) in [5.41, 5.74) is -0.986. The molecule has 0 fully saturated rings. The molecular weight excluding hydrogens is 766 g/mol. The maximum Gasteiger partial charge on any atom is 0.320 e. The molecule has 0 unspecified atom stereocenters. The third-order valence-electron chi connectivity index (χ3n) is 2.60. The van der Waals surface area contributed by atoms with Crippen molar-refractivity contribution in [3.8, 4) is 17.2 Å². The van der Waals surface area contributed by atoms with Gasteiger partial charge in [-0.05, 0) is 127 Å². The van der Waals surface area contributed by atoms with E-state index in [2.05, 4.69) is 0 Å². The Morgan fingerprint density at radius 3 is 2.46 bits per heavy atom. The van der Waals surface area contributed by atoms with Crippen molar-refractivity contribution < 1.29 is 28.1 Å². The zero-order valence-electron chi connectivity index (χ0n) is 17.4. The molecule has 0 radical (unpaired) electrons. The predicted molar refractivity (Wildman–Crippen MR) is 125 cm³/mol. The Bertz CT molecular complexity index is 1000. The molecule has 0 aliphatic heterocycles. The normalized spacial score (nSPS) is 17.7. The largest absolute Gasteiger partial charge is 0.506 e. The Balaban J connectivity index is 2.63. The summed E-state index contributed by atoms with van der Waals surface area (Å²) in [5.74, 6) is -1.34. The van der Waals surface area contributed by atoms with Gasteiger partial charge >= 0.3 is 5.97 Å². The van der Waals surface area contributed by atoms with Crippen LogP contribution in [0.25, 0.3) is 0 Å². The number of carbonyl (C=O) groups is 1. The van der Waals surface area contributed by atoms with Crippen LogP contribution in [0, 0.1) is 14.3 Å². The summed E-state index contributed by atoms with van der Waals surface area (Å²) in [7, 11) is 0. The third-order valence-corrected chi connectivity index (χ3v) is 5.80. The Hall–Kier alpha value is 0.390. The number of nitrogens with two attached hydrogens (primary N) is 1. The summed E-state index contributed by atoms with van der Waals surface area (Å²) >= 11 is 7.46. The maximum atomic E-state index is 11.5. The van der Waals surface area contributed by atoms with Gasteiger partial charge in [0.15, 0.2) is 5.75 Å². The highest BCUT2D eigenvalue weighted by Gasteiger charge is 2.16. The van der Waals surface area contributed by atoms with Gasteiger partial charge in [0.2, 0.25) is 0 Å². The Kier molecular flexibility index (Phi) is 5.00. The molecular formula is C15H11I4NO4. The van der Waals surface area contributed by atoms with Crippen LogP contribution in [0.2, 0.25) is 2.82 Å². The van der Waals surface area contributed by atoms with Crippen LogP contribution in [0.3, 0.4) is 0 Å². The standard InChI is InChI=1S/C15H11I4NO4/c16-8-4-7(5-9(17)13(8)21)24-14-10(18)1-6(2-11(14)19)3-12(20)15(22)23/h1-2,4-5,12,21H,3,20H2,(H,22,23)/t12-/m0/s1/i1D,3D2,12D/hD2. The number of ether oxygens (including phenoxy) is 1. The van der Waals surface area contributed by atoms with Gasteiger partial charge in [-0.1, -0.05) is 0 Å². The lowest BCUT2D eigenvalue weighted by atomic mass is 10.1. The second-order valence-corrected chi connectivity index (χ2v) is 8.86. The number of carboxylic acid groups (broad SMARTS) is 1. The summed E-state index contributed by atoms with van der Waals surface area (Å²) in [6, 6.07) is 0.614. The lowest BCUT2D eigenvalue weighted by Gasteiger charge is -2.14. The van der Waals surface area contributed by atoms with E-state index in [0.717, 1.165) is 0 Å². The second-order valence-electron chi connectivity index (χ2n) is 4.29. The number of carboxylic acids is 1. The lowest BCUT2D eigenvalue weighted by Crippen LogP contribution is -2.32. The lowest BCUT2D eigenvalue weighted by molar-refractivity contribution is -0.138. The van der Waals surface area contributed by atoms with Crippen LogP contribution in [-0.4, -0.2) is 22.2 Å². The molecule has 24 heavy (non-hydrogen) atoms. The molecule has 0 aliphatic carbocycles.